The molecule has 49 heavy (non-hydrogen) atoms. The first-order valence-corrected chi connectivity index (χ1v) is 18.8. The van der Waals surface area contributed by atoms with Gasteiger partial charge in [-0.1, -0.05) is 82.8 Å². The van der Waals surface area contributed by atoms with E-state index in [1.165, 1.54) is 0 Å². The van der Waals surface area contributed by atoms with Crippen molar-refractivity contribution in [2.75, 3.05) is 26.6 Å². The third kappa shape index (κ3) is 10.7. The van der Waals surface area contributed by atoms with Gasteiger partial charge in [-0.25, -0.2) is 9.97 Å². The average molecular weight is 765 g/mol. The third-order valence-electron chi connectivity index (χ3n) is 7.43. The molecule has 6 aromatic rings. The zero-order chi connectivity index (χ0) is 35.0. The van der Waals surface area contributed by atoms with E-state index in [2.05, 4.69) is 9.97 Å². The summed E-state index contributed by atoms with van der Waals surface area (Å²) in [6.45, 7) is 0.808. The van der Waals surface area contributed by atoms with E-state index in [1.54, 1.807) is 19.2 Å². The minimum atomic E-state index is -3.44. The highest BCUT2D eigenvalue weighted by atomic mass is 35.5. The number of oxazole rings is 2. The number of benzene rings is 4. The zero-order valence-corrected chi connectivity index (χ0v) is 30.7. The fourth-order valence-corrected chi connectivity index (χ4v) is 6.53. The summed E-state index contributed by atoms with van der Waals surface area (Å²) in [5.74, 6) is 1.19. The van der Waals surface area contributed by atoms with Gasteiger partial charge in [0.05, 0.1) is 25.7 Å². The smallest absolute Gasteiger partial charge is 0.264 e. The van der Waals surface area contributed by atoms with Crippen LogP contribution in [0.4, 0.5) is 0 Å². The van der Waals surface area contributed by atoms with Crippen LogP contribution in [-0.4, -0.2) is 45.0 Å². The maximum Gasteiger partial charge on any atom is 0.264 e. The lowest BCUT2D eigenvalue weighted by atomic mass is 10.1. The number of ether oxygens (including phenoxy) is 1. The van der Waals surface area contributed by atoms with Crippen molar-refractivity contribution in [3.63, 3.8) is 0 Å². The minimum absolute atomic E-state index is 0.105. The number of aromatic nitrogens is 2. The molecule has 6 rings (SSSR count). The van der Waals surface area contributed by atoms with Crippen LogP contribution in [0.1, 0.15) is 46.9 Å². The number of rotatable bonds is 13. The molecule has 0 spiro atoms. The van der Waals surface area contributed by atoms with Crippen molar-refractivity contribution in [2.24, 2.45) is 0 Å². The molecule has 0 aliphatic rings. The van der Waals surface area contributed by atoms with Crippen LogP contribution < -0.4 is 0 Å². The van der Waals surface area contributed by atoms with Gasteiger partial charge < -0.3 is 13.6 Å². The molecule has 0 atom stereocenters. The molecular formula is C36H34Cl4N2O6S. The molecule has 0 bridgehead atoms. The van der Waals surface area contributed by atoms with Gasteiger partial charge in [-0.05, 0) is 84.3 Å². The minimum Gasteiger partial charge on any atom is -0.440 e. The van der Waals surface area contributed by atoms with Crippen molar-refractivity contribution in [1.29, 1.82) is 0 Å². The first kappa shape index (κ1) is 37.1. The van der Waals surface area contributed by atoms with Gasteiger partial charge in [-0.15, -0.1) is 0 Å². The Bertz CT molecular complexity index is 2150. The Kier molecular flexibility index (Phi) is 13.0. The van der Waals surface area contributed by atoms with Crippen molar-refractivity contribution < 1.29 is 26.2 Å². The maximum atomic E-state index is 11.0. The normalized spacial score (nSPS) is 11.6. The molecule has 258 valence electrons. The summed E-state index contributed by atoms with van der Waals surface area (Å²) >= 11 is 24.8. The van der Waals surface area contributed by atoms with Crippen molar-refractivity contribution in [3.05, 3.63) is 127 Å². The van der Waals surface area contributed by atoms with Crippen molar-refractivity contribution in [3.8, 4) is 0 Å². The van der Waals surface area contributed by atoms with E-state index in [4.69, 9.17) is 64.2 Å². The van der Waals surface area contributed by atoms with E-state index >= 15 is 0 Å². The number of fused-ring (bicyclic) bond motifs is 2. The van der Waals surface area contributed by atoms with E-state index in [-0.39, 0.29) is 6.61 Å². The van der Waals surface area contributed by atoms with Gasteiger partial charge in [0.1, 0.15) is 11.0 Å². The molecule has 0 N–H and O–H groups in total. The van der Waals surface area contributed by atoms with Crippen LogP contribution >= 0.6 is 46.4 Å². The predicted molar refractivity (Wildman–Crippen MR) is 196 cm³/mol. The second-order valence-corrected chi connectivity index (χ2v) is 14.6. The number of nitrogens with zero attached hydrogens (tertiary/aromatic N) is 2. The zero-order valence-electron chi connectivity index (χ0n) is 26.8. The Morgan fingerprint density at radius 2 is 1.10 bits per heavy atom. The van der Waals surface area contributed by atoms with Gasteiger partial charge in [0.2, 0.25) is 0 Å². The summed E-state index contributed by atoms with van der Waals surface area (Å²) in [6, 6.07) is 22.5. The molecule has 13 heteroatoms. The fourth-order valence-electron chi connectivity index (χ4n) is 5.23. The summed E-state index contributed by atoms with van der Waals surface area (Å²) in [4.78, 5) is 9.06. The van der Waals surface area contributed by atoms with E-state index in [9.17, 15) is 8.42 Å². The number of hydrogen-bond donors (Lipinski definition) is 0. The Balaban J connectivity index is 0.000000192. The highest BCUT2D eigenvalue weighted by Gasteiger charge is 2.15. The Morgan fingerprint density at radius 1 is 0.653 bits per heavy atom. The standard InChI is InChI=1S/C18H17Cl2NO4S.C18H17Cl2NO2/c1-26(22,23)24-8-4-6-13-9-14(19)11-16-18(13)25-17(21-16)10-12-5-2-3-7-15(12)20;1-22-8-4-6-13-9-14(19)11-16-18(13)23-17(21-16)10-12-5-2-3-7-15(12)20/h2-3,5,7,9,11H,4,6,8,10H2,1H3;2-3,5,7,9,11H,4,6,8,10H2,1H3. The summed E-state index contributed by atoms with van der Waals surface area (Å²) < 4.78 is 43.8. The molecule has 4 aromatic carbocycles. The van der Waals surface area contributed by atoms with Gasteiger partial charge in [-0.2, -0.15) is 8.42 Å². The topological polar surface area (TPSA) is 105 Å². The lowest BCUT2D eigenvalue weighted by Crippen LogP contribution is -2.05. The van der Waals surface area contributed by atoms with E-state index in [0.29, 0.717) is 75.3 Å². The lowest BCUT2D eigenvalue weighted by molar-refractivity contribution is 0.195. The van der Waals surface area contributed by atoms with Gasteiger partial charge in [0.15, 0.2) is 22.9 Å². The van der Waals surface area contributed by atoms with Gasteiger partial charge in [-0.3, -0.25) is 4.18 Å². The van der Waals surface area contributed by atoms with Gasteiger partial charge in [0.25, 0.3) is 10.1 Å². The van der Waals surface area contributed by atoms with Crippen molar-refractivity contribution >= 4 is 78.7 Å². The Labute approximate surface area is 305 Å². The van der Waals surface area contributed by atoms with Gasteiger partial charge >= 0.3 is 0 Å². The van der Waals surface area contributed by atoms with Gasteiger partial charge in [0, 0.05) is 33.8 Å². The highest BCUT2D eigenvalue weighted by Crippen LogP contribution is 2.29. The first-order valence-electron chi connectivity index (χ1n) is 15.4. The number of aryl methyl sites for hydroxylation is 2. The van der Waals surface area contributed by atoms with Crippen LogP contribution in [0.15, 0.2) is 81.6 Å². The van der Waals surface area contributed by atoms with Crippen LogP contribution in [0.5, 0.6) is 0 Å². The molecule has 2 heterocycles. The fraction of sp³-hybridized carbons (Fsp3) is 0.278. The number of methoxy groups -OCH3 is 1. The summed E-state index contributed by atoms with van der Waals surface area (Å²) in [5, 5.41) is 2.59. The molecule has 0 fully saturated rings. The monoisotopic (exact) mass is 762 g/mol. The SMILES string of the molecule is COCCCc1cc(Cl)cc2nc(Cc3ccccc3Cl)oc12.CS(=O)(=O)OCCCc1cc(Cl)cc2nc(Cc3ccccc3Cl)oc12. The maximum absolute atomic E-state index is 11.0. The molecule has 0 amide bonds. The Morgan fingerprint density at radius 3 is 1.53 bits per heavy atom. The summed E-state index contributed by atoms with van der Waals surface area (Å²) in [5.41, 5.74) is 6.74. The first-order chi connectivity index (χ1) is 23.5. The Hall–Kier alpha value is -3.15. The van der Waals surface area contributed by atoms with Crippen LogP contribution in [0, 0.1) is 0 Å². The second-order valence-electron chi connectivity index (χ2n) is 11.3. The number of hydrogen-bond acceptors (Lipinski definition) is 8. The lowest BCUT2D eigenvalue weighted by Gasteiger charge is -2.03. The number of halogens is 4. The average Bonchev–Trinajstić information content (AvgIpc) is 3.64. The largest absolute Gasteiger partial charge is 0.440 e. The van der Waals surface area contributed by atoms with Crippen LogP contribution in [-0.2, 0) is 44.7 Å². The predicted octanol–water partition coefficient (Wildman–Crippen LogP) is 9.94. The van der Waals surface area contributed by atoms with Crippen molar-refractivity contribution in [1.82, 2.24) is 9.97 Å². The second kappa shape index (κ2) is 17.2. The van der Waals surface area contributed by atoms with Crippen LogP contribution in [0.25, 0.3) is 22.2 Å². The molecule has 0 saturated heterocycles. The quantitative estimate of drug-likeness (QED) is 0.0846. The third-order valence-corrected chi connectivity index (χ3v) is 9.20. The molecule has 0 aliphatic heterocycles. The summed E-state index contributed by atoms with van der Waals surface area (Å²) in [7, 11) is -1.74. The van der Waals surface area contributed by atoms with E-state index in [1.807, 2.05) is 60.7 Å². The van der Waals surface area contributed by atoms with Crippen LogP contribution in [0.2, 0.25) is 20.1 Å². The molecule has 0 unspecified atom stereocenters. The van der Waals surface area contributed by atoms with E-state index < -0.39 is 10.1 Å². The van der Waals surface area contributed by atoms with Crippen molar-refractivity contribution in [2.45, 2.75) is 38.5 Å². The van der Waals surface area contributed by atoms with E-state index in [0.717, 1.165) is 52.5 Å². The molecule has 0 radical (unpaired) electrons. The molecule has 8 nitrogen and oxygen atoms in total. The molecular weight excluding hydrogens is 730 g/mol. The summed E-state index contributed by atoms with van der Waals surface area (Å²) in [6.07, 6.45) is 4.89. The van der Waals surface area contributed by atoms with Crippen LogP contribution in [0.3, 0.4) is 0 Å². The molecule has 0 aliphatic carbocycles. The highest BCUT2D eigenvalue weighted by molar-refractivity contribution is 7.85. The molecule has 2 aromatic heterocycles. The molecule has 0 saturated carbocycles.